The molecule has 1 amide bonds. The van der Waals surface area contributed by atoms with E-state index in [1.165, 1.54) is 28.8 Å². The SMILES string of the molecule is Cc1c(N(C)C(=O)c2ccccc2O)c(=O)n(-c2ccccc2)n1C. The van der Waals surface area contributed by atoms with Crippen molar-refractivity contribution in [2.45, 2.75) is 6.92 Å². The molecule has 3 rings (SSSR count). The highest BCUT2D eigenvalue weighted by atomic mass is 16.3. The zero-order valence-electron chi connectivity index (χ0n) is 14.3. The number of nitrogens with zero attached hydrogens (tertiary/aromatic N) is 3. The molecule has 6 nitrogen and oxygen atoms in total. The Labute approximate surface area is 145 Å². The number of aromatic nitrogens is 2. The van der Waals surface area contributed by atoms with Crippen molar-refractivity contribution >= 4 is 11.6 Å². The molecule has 0 saturated carbocycles. The van der Waals surface area contributed by atoms with E-state index in [9.17, 15) is 14.7 Å². The third-order valence-electron chi connectivity index (χ3n) is 4.30. The topological polar surface area (TPSA) is 67.5 Å². The largest absolute Gasteiger partial charge is 0.507 e. The Kier molecular flexibility index (Phi) is 4.19. The number of anilines is 1. The van der Waals surface area contributed by atoms with Gasteiger partial charge in [-0.15, -0.1) is 0 Å². The molecule has 128 valence electrons. The number of hydrogen-bond donors (Lipinski definition) is 1. The molecule has 1 N–H and O–H groups in total. The van der Waals surface area contributed by atoms with Crippen molar-refractivity contribution in [3.05, 3.63) is 76.2 Å². The zero-order chi connectivity index (χ0) is 18.1. The number of phenolic OH excluding ortho intramolecular Hbond substituents is 1. The molecule has 0 unspecified atom stereocenters. The monoisotopic (exact) mass is 337 g/mol. The molecule has 0 aliphatic rings. The highest BCUT2D eigenvalue weighted by Crippen LogP contribution is 2.22. The summed E-state index contributed by atoms with van der Waals surface area (Å²) in [5.41, 5.74) is 1.50. The van der Waals surface area contributed by atoms with Crippen molar-refractivity contribution in [1.29, 1.82) is 0 Å². The minimum atomic E-state index is -0.441. The molecule has 0 aliphatic carbocycles. The number of carbonyl (C=O) groups excluding carboxylic acids is 1. The minimum Gasteiger partial charge on any atom is -0.507 e. The van der Waals surface area contributed by atoms with E-state index in [0.717, 1.165) is 0 Å². The Morgan fingerprint density at radius 1 is 1.04 bits per heavy atom. The van der Waals surface area contributed by atoms with Gasteiger partial charge in [-0.3, -0.25) is 14.3 Å². The summed E-state index contributed by atoms with van der Waals surface area (Å²) in [6.07, 6.45) is 0. The lowest BCUT2D eigenvalue weighted by Crippen LogP contribution is -2.31. The Hall–Kier alpha value is -3.28. The minimum absolute atomic E-state index is 0.115. The number of aromatic hydroxyl groups is 1. The van der Waals surface area contributed by atoms with Crippen LogP contribution < -0.4 is 10.5 Å². The van der Waals surface area contributed by atoms with Crippen LogP contribution in [0.4, 0.5) is 5.69 Å². The van der Waals surface area contributed by atoms with Gasteiger partial charge in [0.05, 0.1) is 16.9 Å². The van der Waals surface area contributed by atoms with Gasteiger partial charge in [-0.05, 0) is 31.2 Å². The number of phenols is 1. The van der Waals surface area contributed by atoms with Crippen LogP contribution in [0.15, 0.2) is 59.4 Å². The molecule has 25 heavy (non-hydrogen) atoms. The third-order valence-corrected chi connectivity index (χ3v) is 4.30. The summed E-state index contributed by atoms with van der Waals surface area (Å²) in [7, 11) is 3.30. The van der Waals surface area contributed by atoms with Crippen molar-refractivity contribution in [2.75, 3.05) is 11.9 Å². The van der Waals surface area contributed by atoms with Gasteiger partial charge in [-0.1, -0.05) is 30.3 Å². The van der Waals surface area contributed by atoms with Gasteiger partial charge in [-0.2, -0.15) is 0 Å². The van der Waals surface area contributed by atoms with E-state index in [0.29, 0.717) is 11.4 Å². The second-order valence-corrected chi connectivity index (χ2v) is 5.79. The van der Waals surface area contributed by atoms with E-state index in [-0.39, 0.29) is 22.6 Å². The lowest BCUT2D eigenvalue weighted by molar-refractivity contribution is 0.0990. The highest BCUT2D eigenvalue weighted by Gasteiger charge is 2.25. The van der Waals surface area contributed by atoms with Crippen LogP contribution in [0.1, 0.15) is 16.1 Å². The molecule has 0 spiro atoms. The average Bonchev–Trinajstić information content (AvgIpc) is 2.84. The molecule has 0 fully saturated rings. The van der Waals surface area contributed by atoms with Gasteiger partial charge in [0.2, 0.25) is 0 Å². The first-order valence-electron chi connectivity index (χ1n) is 7.83. The first kappa shape index (κ1) is 16.6. The molecule has 3 aromatic rings. The van der Waals surface area contributed by atoms with Crippen LogP contribution in [0.2, 0.25) is 0 Å². The Morgan fingerprint density at radius 2 is 1.64 bits per heavy atom. The molecule has 0 aliphatic heterocycles. The van der Waals surface area contributed by atoms with E-state index >= 15 is 0 Å². The van der Waals surface area contributed by atoms with Crippen LogP contribution in [-0.4, -0.2) is 27.4 Å². The predicted octanol–water partition coefficient (Wildman–Crippen LogP) is 2.47. The van der Waals surface area contributed by atoms with Crippen LogP contribution in [-0.2, 0) is 7.05 Å². The maximum absolute atomic E-state index is 13.0. The van der Waals surface area contributed by atoms with Gasteiger partial charge < -0.3 is 10.0 Å². The maximum Gasteiger partial charge on any atom is 0.295 e. The van der Waals surface area contributed by atoms with Gasteiger partial charge >= 0.3 is 0 Å². The first-order valence-corrected chi connectivity index (χ1v) is 7.83. The fourth-order valence-electron chi connectivity index (χ4n) is 2.88. The molecule has 1 heterocycles. The molecule has 1 aromatic heterocycles. The quantitative estimate of drug-likeness (QED) is 0.798. The lowest BCUT2D eigenvalue weighted by Gasteiger charge is -2.16. The molecule has 2 aromatic carbocycles. The number of benzene rings is 2. The molecule has 6 heteroatoms. The molecule has 0 radical (unpaired) electrons. The molecular weight excluding hydrogens is 318 g/mol. The number of amides is 1. The van der Waals surface area contributed by atoms with E-state index in [2.05, 4.69) is 0 Å². The van der Waals surface area contributed by atoms with Crippen LogP contribution in [0.3, 0.4) is 0 Å². The second kappa shape index (κ2) is 6.32. The number of rotatable bonds is 3. The summed E-state index contributed by atoms with van der Waals surface area (Å²) in [5, 5.41) is 9.92. The molecule has 0 atom stereocenters. The van der Waals surface area contributed by atoms with E-state index in [1.54, 1.807) is 30.8 Å². The van der Waals surface area contributed by atoms with E-state index < -0.39 is 5.91 Å². The number of carbonyl (C=O) groups is 1. The van der Waals surface area contributed by atoms with Crippen LogP contribution in [0.25, 0.3) is 5.69 Å². The highest BCUT2D eigenvalue weighted by molar-refractivity contribution is 6.07. The Morgan fingerprint density at radius 3 is 2.28 bits per heavy atom. The van der Waals surface area contributed by atoms with Crippen molar-refractivity contribution in [1.82, 2.24) is 9.36 Å². The van der Waals surface area contributed by atoms with Gasteiger partial charge in [0.15, 0.2) is 0 Å². The zero-order valence-corrected chi connectivity index (χ0v) is 14.3. The Balaban J connectivity index is 2.11. The van der Waals surface area contributed by atoms with Gasteiger partial charge in [-0.25, -0.2) is 4.68 Å². The fourth-order valence-corrected chi connectivity index (χ4v) is 2.88. The standard InChI is InChI=1S/C19H19N3O3/c1-13-17(20(2)18(24)15-11-7-8-12-16(15)23)19(25)22(21(13)3)14-9-5-4-6-10-14/h4-12,23H,1-3H3. The van der Waals surface area contributed by atoms with Gasteiger partial charge in [0, 0.05) is 14.1 Å². The van der Waals surface area contributed by atoms with Gasteiger partial charge in [0.1, 0.15) is 11.4 Å². The van der Waals surface area contributed by atoms with Crippen LogP contribution in [0, 0.1) is 6.92 Å². The van der Waals surface area contributed by atoms with Crippen LogP contribution >= 0.6 is 0 Å². The fraction of sp³-hybridized carbons (Fsp3) is 0.158. The van der Waals surface area contributed by atoms with Crippen LogP contribution in [0.5, 0.6) is 5.75 Å². The van der Waals surface area contributed by atoms with E-state index in [4.69, 9.17) is 0 Å². The average molecular weight is 337 g/mol. The summed E-state index contributed by atoms with van der Waals surface area (Å²) >= 11 is 0. The summed E-state index contributed by atoms with van der Waals surface area (Å²) in [5.74, 6) is -0.555. The summed E-state index contributed by atoms with van der Waals surface area (Å²) in [4.78, 5) is 27.0. The predicted molar refractivity (Wildman–Crippen MR) is 96.6 cm³/mol. The molecule has 0 bridgehead atoms. The Bertz CT molecular complexity index is 987. The van der Waals surface area contributed by atoms with Crippen molar-refractivity contribution < 1.29 is 9.90 Å². The van der Waals surface area contributed by atoms with E-state index in [1.807, 2.05) is 30.3 Å². The second-order valence-electron chi connectivity index (χ2n) is 5.79. The van der Waals surface area contributed by atoms with Crippen molar-refractivity contribution in [3.8, 4) is 11.4 Å². The van der Waals surface area contributed by atoms with Crippen molar-refractivity contribution in [3.63, 3.8) is 0 Å². The van der Waals surface area contributed by atoms with Gasteiger partial charge in [0.25, 0.3) is 11.5 Å². The molecular formula is C19H19N3O3. The normalized spacial score (nSPS) is 10.7. The van der Waals surface area contributed by atoms with Crippen molar-refractivity contribution in [2.24, 2.45) is 7.05 Å². The number of hydrogen-bond acceptors (Lipinski definition) is 3. The smallest absolute Gasteiger partial charge is 0.295 e. The number of para-hydroxylation sites is 2. The maximum atomic E-state index is 13.0. The third kappa shape index (κ3) is 2.71. The summed E-state index contributed by atoms with van der Waals surface area (Å²) in [6, 6.07) is 15.5. The summed E-state index contributed by atoms with van der Waals surface area (Å²) in [6.45, 7) is 1.78. The first-order chi connectivity index (χ1) is 11.9. The molecule has 0 saturated heterocycles. The summed E-state index contributed by atoms with van der Waals surface area (Å²) < 4.78 is 3.22. The lowest BCUT2D eigenvalue weighted by atomic mass is 10.1.